The van der Waals surface area contributed by atoms with Crippen LogP contribution in [0.1, 0.15) is 25.3 Å². The highest BCUT2D eigenvalue weighted by Gasteiger charge is 2.29. The van der Waals surface area contributed by atoms with E-state index in [1.807, 2.05) is 11.0 Å². The summed E-state index contributed by atoms with van der Waals surface area (Å²) in [7, 11) is 0. The molecule has 2 heterocycles. The lowest BCUT2D eigenvalue weighted by molar-refractivity contribution is -0.119. The molecule has 2 N–H and O–H groups in total. The topological polar surface area (TPSA) is 49.6 Å². The van der Waals surface area contributed by atoms with E-state index >= 15 is 0 Å². The van der Waals surface area contributed by atoms with Gasteiger partial charge in [0.05, 0.1) is 6.54 Å². The molecule has 4 nitrogen and oxygen atoms in total. The van der Waals surface area contributed by atoms with E-state index in [4.69, 9.17) is 5.73 Å². The SMILES string of the molecule is CC(N)C1CCN(CC(=O)N2CCCc3ccccc32)C1. The molecule has 2 unspecified atom stereocenters. The minimum atomic E-state index is 0.223. The van der Waals surface area contributed by atoms with Crippen molar-refractivity contribution in [1.82, 2.24) is 4.90 Å². The average molecular weight is 287 g/mol. The predicted octanol–water partition coefficient (Wildman–Crippen LogP) is 1.63. The van der Waals surface area contributed by atoms with Crippen molar-refractivity contribution in [3.8, 4) is 0 Å². The summed E-state index contributed by atoms with van der Waals surface area (Å²) >= 11 is 0. The summed E-state index contributed by atoms with van der Waals surface area (Å²) < 4.78 is 0. The lowest BCUT2D eigenvalue weighted by atomic mass is 10.0. The Labute approximate surface area is 126 Å². The molecule has 0 bridgehead atoms. The van der Waals surface area contributed by atoms with E-state index in [2.05, 4.69) is 30.0 Å². The fourth-order valence-electron chi connectivity index (χ4n) is 3.50. The quantitative estimate of drug-likeness (QED) is 0.919. The van der Waals surface area contributed by atoms with Crippen molar-refractivity contribution < 1.29 is 4.79 Å². The van der Waals surface area contributed by atoms with Gasteiger partial charge in [0.15, 0.2) is 0 Å². The van der Waals surface area contributed by atoms with Gasteiger partial charge < -0.3 is 10.6 Å². The van der Waals surface area contributed by atoms with E-state index < -0.39 is 0 Å². The number of rotatable bonds is 3. The highest BCUT2D eigenvalue weighted by Crippen LogP contribution is 2.27. The van der Waals surface area contributed by atoms with Gasteiger partial charge in [-0.05, 0) is 50.3 Å². The summed E-state index contributed by atoms with van der Waals surface area (Å²) in [6, 6.07) is 8.51. The second-order valence-corrected chi connectivity index (χ2v) is 6.42. The second-order valence-electron chi connectivity index (χ2n) is 6.42. The molecule has 114 valence electrons. The Hall–Kier alpha value is -1.39. The van der Waals surface area contributed by atoms with E-state index in [0.29, 0.717) is 12.5 Å². The molecule has 1 aromatic rings. The Bertz CT molecular complexity index is 515. The van der Waals surface area contributed by atoms with Gasteiger partial charge in [0.2, 0.25) is 5.91 Å². The van der Waals surface area contributed by atoms with Crippen molar-refractivity contribution in [2.75, 3.05) is 31.1 Å². The number of benzene rings is 1. The Kier molecular flexibility index (Phi) is 4.27. The molecule has 2 atom stereocenters. The molecule has 4 heteroatoms. The number of carbonyl (C=O) groups is 1. The van der Waals surface area contributed by atoms with Crippen LogP contribution < -0.4 is 10.6 Å². The van der Waals surface area contributed by atoms with Crippen molar-refractivity contribution in [3.63, 3.8) is 0 Å². The number of amides is 1. The van der Waals surface area contributed by atoms with Gasteiger partial charge in [-0.2, -0.15) is 0 Å². The largest absolute Gasteiger partial charge is 0.328 e. The molecule has 0 aliphatic carbocycles. The van der Waals surface area contributed by atoms with Crippen LogP contribution in [-0.4, -0.2) is 43.0 Å². The summed E-state index contributed by atoms with van der Waals surface area (Å²) in [6.45, 7) is 5.39. The van der Waals surface area contributed by atoms with Gasteiger partial charge in [-0.15, -0.1) is 0 Å². The molecule has 2 aliphatic heterocycles. The summed E-state index contributed by atoms with van der Waals surface area (Å²) in [4.78, 5) is 16.9. The Morgan fingerprint density at radius 2 is 2.19 bits per heavy atom. The average Bonchev–Trinajstić information content (AvgIpc) is 2.95. The molecular weight excluding hydrogens is 262 g/mol. The lowest BCUT2D eigenvalue weighted by Crippen LogP contribution is -2.42. The number of hydrogen-bond donors (Lipinski definition) is 1. The third kappa shape index (κ3) is 3.11. The molecule has 21 heavy (non-hydrogen) atoms. The zero-order valence-corrected chi connectivity index (χ0v) is 12.8. The molecule has 0 aromatic heterocycles. The number of carbonyl (C=O) groups excluding carboxylic acids is 1. The normalized spacial score (nSPS) is 23.9. The molecule has 1 amide bonds. The molecular formula is C17H25N3O. The molecule has 1 fully saturated rings. The van der Waals surface area contributed by atoms with Crippen LogP contribution in [0.5, 0.6) is 0 Å². The van der Waals surface area contributed by atoms with Crippen LogP contribution in [0.15, 0.2) is 24.3 Å². The van der Waals surface area contributed by atoms with E-state index in [1.54, 1.807) is 0 Å². The van der Waals surface area contributed by atoms with Crippen LogP contribution in [-0.2, 0) is 11.2 Å². The lowest BCUT2D eigenvalue weighted by Gasteiger charge is -2.31. The minimum Gasteiger partial charge on any atom is -0.328 e. The van der Waals surface area contributed by atoms with Crippen LogP contribution in [0.25, 0.3) is 0 Å². The fraction of sp³-hybridized carbons (Fsp3) is 0.588. The van der Waals surface area contributed by atoms with Gasteiger partial charge in [-0.25, -0.2) is 0 Å². The van der Waals surface area contributed by atoms with E-state index in [1.165, 1.54) is 5.56 Å². The van der Waals surface area contributed by atoms with Crippen LogP contribution in [0.4, 0.5) is 5.69 Å². The molecule has 3 rings (SSSR count). The zero-order valence-electron chi connectivity index (χ0n) is 12.8. The van der Waals surface area contributed by atoms with Crippen LogP contribution in [0, 0.1) is 5.92 Å². The number of anilines is 1. The van der Waals surface area contributed by atoms with Gasteiger partial charge in [0, 0.05) is 24.8 Å². The van der Waals surface area contributed by atoms with Gasteiger partial charge >= 0.3 is 0 Å². The first-order valence-electron chi connectivity index (χ1n) is 8.01. The van der Waals surface area contributed by atoms with Crippen molar-refractivity contribution in [2.45, 2.75) is 32.2 Å². The first-order valence-corrected chi connectivity index (χ1v) is 8.01. The number of nitrogens with zero attached hydrogens (tertiary/aromatic N) is 2. The van der Waals surface area contributed by atoms with Crippen LogP contribution >= 0.6 is 0 Å². The molecule has 1 saturated heterocycles. The van der Waals surface area contributed by atoms with Crippen molar-refractivity contribution in [1.29, 1.82) is 0 Å². The number of hydrogen-bond acceptors (Lipinski definition) is 3. The predicted molar refractivity (Wildman–Crippen MR) is 85.3 cm³/mol. The maximum Gasteiger partial charge on any atom is 0.241 e. The minimum absolute atomic E-state index is 0.223. The summed E-state index contributed by atoms with van der Waals surface area (Å²) in [5.74, 6) is 0.763. The highest BCUT2D eigenvalue weighted by molar-refractivity contribution is 5.95. The molecule has 2 aliphatic rings. The van der Waals surface area contributed by atoms with Crippen LogP contribution in [0.3, 0.4) is 0 Å². The number of likely N-dealkylation sites (tertiary alicyclic amines) is 1. The highest BCUT2D eigenvalue weighted by atomic mass is 16.2. The summed E-state index contributed by atoms with van der Waals surface area (Å²) in [5, 5.41) is 0. The first-order chi connectivity index (χ1) is 10.1. The maximum absolute atomic E-state index is 12.6. The van der Waals surface area contributed by atoms with E-state index in [0.717, 1.165) is 44.6 Å². The first kappa shape index (κ1) is 14.5. The second kappa shape index (κ2) is 6.16. The molecule has 1 aromatic carbocycles. The third-order valence-electron chi connectivity index (χ3n) is 4.82. The van der Waals surface area contributed by atoms with E-state index in [-0.39, 0.29) is 11.9 Å². The number of aryl methyl sites for hydroxylation is 1. The fourth-order valence-corrected chi connectivity index (χ4v) is 3.50. The third-order valence-corrected chi connectivity index (χ3v) is 4.82. The van der Waals surface area contributed by atoms with Gasteiger partial charge in [0.1, 0.15) is 0 Å². The molecule has 0 radical (unpaired) electrons. The summed E-state index contributed by atoms with van der Waals surface area (Å²) in [6.07, 6.45) is 3.25. The molecule has 0 spiro atoms. The van der Waals surface area contributed by atoms with E-state index in [9.17, 15) is 4.79 Å². The Morgan fingerprint density at radius 3 is 2.95 bits per heavy atom. The summed E-state index contributed by atoms with van der Waals surface area (Å²) in [5.41, 5.74) is 8.38. The number of fused-ring (bicyclic) bond motifs is 1. The number of nitrogens with two attached hydrogens (primary N) is 1. The van der Waals surface area contributed by atoms with Crippen molar-refractivity contribution >= 4 is 11.6 Å². The monoisotopic (exact) mass is 287 g/mol. The van der Waals surface area contributed by atoms with Crippen molar-refractivity contribution in [3.05, 3.63) is 29.8 Å². The Balaban J connectivity index is 1.65. The zero-order chi connectivity index (χ0) is 14.8. The standard InChI is InChI=1S/C17H25N3O/c1-13(18)15-8-10-19(11-15)12-17(21)20-9-4-6-14-5-2-3-7-16(14)20/h2-3,5,7,13,15H,4,6,8-12,18H2,1H3. The maximum atomic E-state index is 12.6. The Morgan fingerprint density at radius 1 is 1.38 bits per heavy atom. The molecule has 0 saturated carbocycles. The van der Waals surface area contributed by atoms with Gasteiger partial charge in [-0.1, -0.05) is 18.2 Å². The van der Waals surface area contributed by atoms with Gasteiger partial charge in [-0.3, -0.25) is 9.69 Å². The van der Waals surface area contributed by atoms with Crippen molar-refractivity contribution in [2.24, 2.45) is 11.7 Å². The van der Waals surface area contributed by atoms with Crippen LogP contribution in [0.2, 0.25) is 0 Å². The van der Waals surface area contributed by atoms with Gasteiger partial charge in [0.25, 0.3) is 0 Å². The smallest absolute Gasteiger partial charge is 0.241 e. The number of para-hydroxylation sites is 1.